The maximum Gasteiger partial charge on any atom is 0.308 e. The van der Waals surface area contributed by atoms with Gasteiger partial charge in [0.05, 0.1) is 5.92 Å². The molecule has 0 radical (unpaired) electrons. The highest BCUT2D eigenvalue weighted by Gasteiger charge is 2.27. The number of benzene rings is 2. The molecule has 2 rings (SSSR count). The molecule has 0 aliphatic carbocycles. The summed E-state index contributed by atoms with van der Waals surface area (Å²) in [6.45, 7) is 1.57. The van der Waals surface area contributed by atoms with Crippen LogP contribution in [0.1, 0.15) is 17.7 Å². The Morgan fingerprint density at radius 1 is 1.12 bits per heavy atom. The molecule has 1 amide bonds. The molecule has 0 aromatic heterocycles. The van der Waals surface area contributed by atoms with Crippen LogP contribution in [0.5, 0.6) is 0 Å². The van der Waals surface area contributed by atoms with Crippen molar-refractivity contribution in [2.45, 2.75) is 17.1 Å². The van der Waals surface area contributed by atoms with E-state index in [0.717, 1.165) is 23.9 Å². The van der Waals surface area contributed by atoms with Crippen molar-refractivity contribution in [3.05, 3.63) is 65.7 Å². The van der Waals surface area contributed by atoms with Crippen molar-refractivity contribution in [2.24, 2.45) is 5.92 Å². The average molecular weight is 379 g/mol. The van der Waals surface area contributed by atoms with Gasteiger partial charge < -0.3 is 10.0 Å². The van der Waals surface area contributed by atoms with Crippen LogP contribution in [0.15, 0.2) is 53.4 Å². The lowest BCUT2D eigenvalue weighted by atomic mass is 10.1. The van der Waals surface area contributed by atoms with Crippen LogP contribution in [0.25, 0.3) is 0 Å². The second-order valence-corrected chi connectivity index (χ2v) is 7.12. The Labute approximate surface area is 154 Å². The standard InChI is InChI=1S/C19H19F2NO3S/c1-12(19(24)25)11-22(2)18(23)17(13-6-4-3-5-7-13)26-14-8-9-15(20)16(21)10-14/h3-10,12,17H,11H2,1-2H3,(H,24,25). The summed E-state index contributed by atoms with van der Waals surface area (Å²) in [4.78, 5) is 25.7. The number of carbonyl (C=O) groups excluding carboxylic acids is 1. The highest BCUT2D eigenvalue weighted by Crippen LogP contribution is 2.37. The predicted molar refractivity (Wildman–Crippen MR) is 95.8 cm³/mol. The monoisotopic (exact) mass is 379 g/mol. The molecule has 138 valence electrons. The van der Waals surface area contributed by atoms with Crippen molar-refractivity contribution in [3.8, 4) is 0 Å². The largest absolute Gasteiger partial charge is 0.481 e. The molecule has 0 saturated carbocycles. The number of rotatable bonds is 7. The molecule has 2 aromatic carbocycles. The van der Waals surface area contributed by atoms with Crippen molar-refractivity contribution < 1.29 is 23.5 Å². The molecule has 0 spiro atoms. The average Bonchev–Trinajstić information content (AvgIpc) is 2.62. The van der Waals surface area contributed by atoms with Crippen molar-refractivity contribution >= 4 is 23.6 Å². The second kappa shape index (κ2) is 8.80. The van der Waals surface area contributed by atoms with E-state index in [1.807, 2.05) is 6.07 Å². The van der Waals surface area contributed by atoms with Gasteiger partial charge in [0.2, 0.25) is 5.91 Å². The van der Waals surface area contributed by atoms with Gasteiger partial charge in [-0.15, -0.1) is 11.8 Å². The summed E-state index contributed by atoms with van der Waals surface area (Å²) in [5.41, 5.74) is 0.696. The fourth-order valence-corrected chi connectivity index (χ4v) is 3.52. The van der Waals surface area contributed by atoms with Crippen molar-refractivity contribution in [2.75, 3.05) is 13.6 Å². The minimum Gasteiger partial charge on any atom is -0.481 e. The van der Waals surface area contributed by atoms with Gasteiger partial charge in [-0.25, -0.2) is 8.78 Å². The van der Waals surface area contributed by atoms with E-state index in [9.17, 15) is 18.4 Å². The Kier molecular flexibility index (Phi) is 6.74. The fraction of sp³-hybridized carbons (Fsp3) is 0.263. The number of carbonyl (C=O) groups is 2. The normalized spacial score (nSPS) is 13.1. The molecule has 26 heavy (non-hydrogen) atoms. The van der Waals surface area contributed by atoms with E-state index in [-0.39, 0.29) is 12.5 Å². The molecule has 0 aliphatic heterocycles. The van der Waals surface area contributed by atoms with Gasteiger partial charge in [0.15, 0.2) is 11.6 Å². The van der Waals surface area contributed by atoms with Crippen LogP contribution in [-0.4, -0.2) is 35.5 Å². The number of halogens is 2. The summed E-state index contributed by atoms with van der Waals surface area (Å²) in [6, 6.07) is 12.4. The number of hydrogen-bond donors (Lipinski definition) is 1. The number of thioether (sulfide) groups is 1. The Hall–Kier alpha value is -2.41. The first-order valence-corrected chi connectivity index (χ1v) is 8.82. The number of aliphatic carboxylic acids is 1. The summed E-state index contributed by atoms with van der Waals surface area (Å²) in [5, 5.41) is 8.34. The number of nitrogens with zero attached hydrogens (tertiary/aromatic N) is 1. The minimum atomic E-state index is -0.992. The van der Waals surface area contributed by atoms with Crippen LogP contribution < -0.4 is 0 Å². The molecule has 1 N–H and O–H groups in total. The molecule has 0 heterocycles. The molecule has 2 aromatic rings. The Morgan fingerprint density at radius 3 is 2.35 bits per heavy atom. The van der Waals surface area contributed by atoms with E-state index in [2.05, 4.69) is 0 Å². The summed E-state index contributed by atoms with van der Waals surface area (Å²) >= 11 is 1.09. The van der Waals surface area contributed by atoms with E-state index in [4.69, 9.17) is 5.11 Å². The molecule has 7 heteroatoms. The van der Waals surface area contributed by atoms with E-state index in [1.165, 1.54) is 24.9 Å². The zero-order valence-electron chi connectivity index (χ0n) is 14.4. The molecule has 0 fully saturated rings. The first-order valence-electron chi connectivity index (χ1n) is 7.94. The summed E-state index contributed by atoms with van der Waals surface area (Å²) < 4.78 is 26.7. The van der Waals surface area contributed by atoms with Gasteiger partial charge in [0.25, 0.3) is 0 Å². The van der Waals surface area contributed by atoms with Crippen molar-refractivity contribution in [1.82, 2.24) is 4.90 Å². The molecule has 4 nitrogen and oxygen atoms in total. The number of carboxylic acids is 1. The highest BCUT2D eigenvalue weighted by molar-refractivity contribution is 8.00. The quantitative estimate of drug-likeness (QED) is 0.740. The first-order chi connectivity index (χ1) is 12.3. The zero-order chi connectivity index (χ0) is 19.3. The fourth-order valence-electron chi connectivity index (χ4n) is 2.35. The Balaban J connectivity index is 2.27. The van der Waals surface area contributed by atoms with Crippen LogP contribution in [0.4, 0.5) is 8.78 Å². The van der Waals surface area contributed by atoms with Gasteiger partial charge in [-0.3, -0.25) is 9.59 Å². The van der Waals surface area contributed by atoms with E-state index >= 15 is 0 Å². The Bertz CT molecular complexity index is 786. The summed E-state index contributed by atoms with van der Waals surface area (Å²) in [5.74, 6) is -3.95. The molecule has 0 aliphatic rings. The molecule has 2 unspecified atom stereocenters. The highest BCUT2D eigenvalue weighted by atomic mass is 32.2. The maximum atomic E-state index is 13.5. The molecular weight excluding hydrogens is 360 g/mol. The van der Waals surface area contributed by atoms with Crippen LogP contribution in [0.2, 0.25) is 0 Å². The lowest BCUT2D eigenvalue weighted by molar-refractivity contribution is -0.142. The summed E-state index contributed by atoms with van der Waals surface area (Å²) in [6.07, 6.45) is 0. The van der Waals surface area contributed by atoms with Gasteiger partial charge >= 0.3 is 5.97 Å². The summed E-state index contributed by atoms with van der Waals surface area (Å²) in [7, 11) is 1.53. The molecular formula is C19H19F2NO3S. The third-order valence-electron chi connectivity index (χ3n) is 3.82. The van der Waals surface area contributed by atoms with E-state index in [0.29, 0.717) is 10.5 Å². The van der Waals surface area contributed by atoms with E-state index < -0.39 is 28.8 Å². The number of carboxylic acid groups (broad SMARTS) is 1. The lowest BCUT2D eigenvalue weighted by Gasteiger charge is -2.25. The topological polar surface area (TPSA) is 57.6 Å². The number of likely N-dealkylation sites (N-methyl/N-ethyl adjacent to an activating group) is 1. The first kappa shape index (κ1) is 19.9. The van der Waals surface area contributed by atoms with Crippen LogP contribution in [-0.2, 0) is 9.59 Å². The number of amides is 1. The molecule has 0 bridgehead atoms. The van der Waals surface area contributed by atoms with Crippen molar-refractivity contribution in [3.63, 3.8) is 0 Å². The van der Waals surface area contributed by atoms with Gasteiger partial charge in [-0.1, -0.05) is 37.3 Å². The number of hydrogen-bond acceptors (Lipinski definition) is 3. The van der Waals surface area contributed by atoms with Gasteiger partial charge in [0.1, 0.15) is 5.25 Å². The minimum absolute atomic E-state index is 0.0514. The van der Waals surface area contributed by atoms with Crippen LogP contribution in [0.3, 0.4) is 0 Å². The zero-order valence-corrected chi connectivity index (χ0v) is 15.2. The van der Waals surface area contributed by atoms with Gasteiger partial charge in [-0.2, -0.15) is 0 Å². The SMILES string of the molecule is CC(CN(C)C(=O)C(Sc1ccc(F)c(F)c1)c1ccccc1)C(=O)O. The molecule has 0 saturated heterocycles. The van der Waals surface area contributed by atoms with E-state index in [1.54, 1.807) is 24.3 Å². The maximum absolute atomic E-state index is 13.5. The van der Waals surface area contributed by atoms with Crippen molar-refractivity contribution in [1.29, 1.82) is 0 Å². The van der Waals surface area contributed by atoms with Crippen LogP contribution >= 0.6 is 11.8 Å². The third kappa shape index (κ3) is 5.05. The van der Waals surface area contributed by atoms with Gasteiger partial charge in [0, 0.05) is 18.5 Å². The predicted octanol–water partition coefficient (Wildman–Crippen LogP) is 3.98. The second-order valence-electron chi connectivity index (χ2n) is 5.94. The van der Waals surface area contributed by atoms with Gasteiger partial charge in [-0.05, 0) is 23.8 Å². The van der Waals surface area contributed by atoms with Crippen LogP contribution in [0, 0.1) is 17.6 Å². The molecule has 2 atom stereocenters. The Morgan fingerprint density at radius 2 is 1.77 bits per heavy atom. The lowest BCUT2D eigenvalue weighted by Crippen LogP contribution is -2.36. The smallest absolute Gasteiger partial charge is 0.308 e. The third-order valence-corrected chi connectivity index (χ3v) is 5.05.